The third-order valence-electron chi connectivity index (χ3n) is 2.38. The maximum absolute atomic E-state index is 11.6. The van der Waals surface area contributed by atoms with Crippen LogP contribution in [0.4, 0.5) is 0 Å². The summed E-state index contributed by atoms with van der Waals surface area (Å²) < 4.78 is 0.285. The number of carboxylic acids is 1. The first-order chi connectivity index (χ1) is 8.11. The van der Waals surface area contributed by atoms with Crippen molar-refractivity contribution in [2.24, 2.45) is 0 Å². The first-order valence-corrected chi connectivity index (χ1v) is 6.25. The Balaban J connectivity index is 2.40. The van der Waals surface area contributed by atoms with Gasteiger partial charge in [-0.3, -0.25) is 9.69 Å². The molecule has 1 saturated heterocycles. The second-order valence-corrected chi connectivity index (χ2v) is 5.06. The van der Waals surface area contributed by atoms with Gasteiger partial charge in [0.25, 0.3) is 0 Å². The minimum Gasteiger partial charge on any atom is -0.547 e. The van der Waals surface area contributed by atoms with Gasteiger partial charge in [-0.2, -0.15) is 0 Å². The highest BCUT2D eigenvalue weighted by atomic mass is 32.2. The van der Waals surface area contributed by atoms with Gasteiger partial charge < -0.3 is 9.90 Å². The molecule has 1 fully saturated rings. The van der Waals surface area contributed by atoms with Crippen molar-refractivity contribution >= 4 is 40.2 Å². The van der Waals surface area contributed by atoms with Gasteiger partial charge in [-0.25, -0.2) is 0 Å². The van der Waals surface area contributed by atoms with Gasteiger partial charge in [0.05, 0.1) is 11.7 Å². The monoisotopic (exact) mass is 266 g/mol. The highest BCUT2D eigenvalue weighted by molar-refractivity contribution is 8.23. The molecule has 0 aromatic heterocycles. The molecule has 0 saturated carbocycles. The van der Waals surface area contributed by atoms with Gasteiger partial charge in [-0.15, -0.1) is 0 Å². The first kappa shape index (κ1) is 12.1. The Morgan fingerprint density at radius 1 is 1.41 bits per heavy atom. The number of carbonyl (C=O) groups excluding carboxylic acids is 2. The summed E-state index contributed by atoms with van der Waals surface area (Å²) in [6, 6.07) is 7.34. The summed E-state index contributed by atoms with van der Waals surface area (Å²) in [5.41, 5.74) is 0.491. The number of aliphatic carboxylic acids is 1. The Hall–Kier alpha value is -1.40. The predicted octanol–water partition coefficient (Wildman–Crippen LogP) is 0.338. The molecule has 0 radical (unpaired) electrons. The van der Waals surface area contributed by atoms with Crippen LogP contribution in [0.1, 0.15) is 11.6 Å². The number of nitrogens with zero attached hydrogens (tertiary/aromatic N) is 1. The van der Waals surface area contributed by atoms with Crippen LogP contribution in [0.3, 0.4) is 0 Å². The van der Waals surface area contributed by atoms with Crippen LogP contribution in [-0.4, -0.2) is 26.8 Å². The van der Waals surface area contributed by atoms with Gasteiger partial charge in [0.15, 0.2) is 0 Å². The lowest BCUT2D eigenvalue weighted by molar-refractivity contribution is -0.310. The maximum atomic E-state index is 11.6. The van der Waals surface area contributed by atoms with E-state index in [0.29, 0.717) is 5.56 Å². The molecular formula is C11H8NO3S2-. The summed E-state index contributed by atoms with van der Waals surface area (Å²) in [6.07, 6.45) is 0. The van der Waals surface area contributed by atoms with Crippen molar-refractivity contribution < 1.29 is 14.7 Å². The van der Waals surface area contributed by atoms with Gasteiger partial charge >= 0.3 is 0 Å². The summed E-state index contributed by atoms with van der Waals surface area (Å²) >= 11 is 6.16. The zero-order chi connectivity index (χ0) is 12.4. The lowest BCUT2D eigenvalue weighted by atomic mass is 10.1. The van der Waals surface area contributed by atoms with Crippen LogP contribution in [0.5, 0.6) is 0 Å². The number of hydrogen-bond donors (Lipinski definition) is 0. The molecule has 17 heavy (non-hydrogen) atoms. The van der Waals surface area contributed by atoms with Crippen molar-refractivity contribution in [1.29, 1.82) is 0 Å². The molecule has 6 heteroatoms. The minimum absolute atomic E-state index is 0.190. The summed E-state index contributed by atoms with van der Waals surface area (Å²) in [4.78, 5) is 24.0. The molecule has 0 N–H and O–H groups in total. The van der Waals surface area contributed by atoms with Gasteiger partial charge in [-0.1, -0.05) is 54.3 Å². The average Bonchev–Trinajstić information content (AvgIpc) is 2.62. The van der Waals surface area contributed by atoms with E-state index >= 15 is 0 Å². The molecule has 4 nitrogen and oxygen atoms in total. The molecule has 2 rings (SSSR count). The fourth-order valence-electron chi connectivity index (χ4n) is 1.64. The van der Waals surface area contributed by atoms with Crippen LogP contribution in [0.2, 0.25) is 0 Å². The van der Waals surface area contributed by atoms with E-state index in [4.69, 9.17) is 12.2 Å². The van der Waals surface area contributed by atoms with Crippen molar-refractivity contribution in [3.05, 3.63) is 35.9 Å². The molecule has 1 aliphatic rings. The van der Waals surface area contributed by atoms with Crippen molar-refractivity contribution in [3.63, 3.8) is 0 Å². The molecule has 1 aromatic rings. The lowest BCUT2D eigenvalue weighted by Gasteiger charge is -2.28. The quantitative estimate of drug-likeness (QED) is 0.738. The molecule has 1 amide bonds. The van der Waals surface area contributed by atoms with E-state index in [1.807, 2.05) is 0 Å². The highest BCUT2D eigenvalue weighted by Gasteiger charge is 2.34. The van der Waals surface area contributed by atoms with Crippen LogP contribution in [0.15, 0.2) is 30.3 Å². The van der Waals surface area contributed by atoms with Crippen molar-refractivity contribution in [3.8, 4) is 0 Å². The lowest BCUT2D eigenvalue weighted by Crippen LogP contribution is -2.43. The topological polar surface area (TPSA) is 60.4 Å². The molecule has 0 unspecified atom stereocenters. The Bertz CT molecular complexity index is 459. The fraction of sp³-hybridized carbons (Fsp3) is 0.182. The maximum Gasteiger partial charge on any atom is 0.239 e. The molecule has 88 valence electrons. The minimum atomic E-state index is -1.32. The summed E-state index contributed by atoms with van der Waals surface area (Å²) in [5, 5.41) is 11.2. The highest BCUT2D eigenvalue weighted by Crippen LogP contribution is 2.29. The Kier molecular flexibility index (Phi) is 3.44. The Morgan fingerprint density at radius 3 is 2.53 bits per heavy atom. The van der Waals surface area contributed by atoms with E-state index < -0.39 is 12.0 Å². The predicted molar refractivity (Wildman–Crippen MR) is 66.1 cm³/mol. The molecule has 0 aliphatic carbocycles. The number of amides is 1. The van der Waals surface area contributed by atoms with E-state index in [-0.39, 0.29) is 16.0 Å². The van der Waals surface area contributed by atoms with Crippen molar-refractivity contribution in [1.82, 2.24) is 4.90 Å². The Labute approximate surface area is 108 Å². The fourth-order valence-corrected chi connectivity index (χ4v) is 2.76. The number of carboxylic acid groups (broad SMARTS) is 1. The number of rotatable bonds is 3. The normalized spacial score (nSPS) is 17.3. The van der Waals surface area contributed by atoms with Gasteiger partial charge in [-0.05, 0) is 5.56 Å². The van der Waals surface area contributed by atoms with Gasteiger partial charge in [0.2, 0.25) is 5.91 Å². The van der Waals surface area contributed by atoms with Gasteiger partial charge in [0.1, 0.15) is 10.4 Å². The summed E-state index contributed by atoms with van der Waals surface area (Å²) in [5.74, 6) is -1.43. The summed E-state index contributed by atoms with van der Waals surface area (Å²) in [7, 11) is 0. The van der Waals surface area contributed by atoms with E-state index in [2.05, 4.69) is 0 Å². The molecular weight excluding hydrogens is 258 g/mol. The van der Waals surface area contributed by atoms with Crippen molar-refractivity contribution in [2.45, 2.75) is 6.04 Å². The summed E-state index contributed by atoms with van der Waals surface area (Å²) in [6.45, 7) is 0. The largest absolute Gasteiger partial charge is 0.547 e. The van der Waals surface area contributed by atoms with E-state index in [1.165, 1.54) is 11.8 Å². The van der Waals surface area contributed by atoms with E-state index in [0.717, 1.165) is 4.90 Å². The second kappa shape index (κ2) is 4.85. The standard InChI is InChI=1S/C11H9NO3S2/c13-8-6-17-11(16)12(8)9(10(14)15)7-4-2-1-3-5-7/h1-5,9H,6H2,(H,14,15)/p-1/t9-/m0/s1. The third kappa shape index (κ3) is 2.32. The Morgan fingerprint density at radius 2 is 2.06 bits per heavy atom. The molecule has 0 bridgehead atoms. The van der Waals surface area contributed by atoms with Gasteiger partial charge in [0, 0.05) is 0 Å². The number of thioether (sulfide) groups is 1. The number of carbonyl (C=O) groups is 2. The SMILES string of the molecule is O=C([O-])[C@H](c1ccccc1)N1C(=O)CSC1=S. The van der Waals surface area contributed by atoms with Crippen LogP contribution in [0, 0.1) is 0 Å². The number of hydrogen-bond acceptors (Lipinski definition) is 5. The number of thiocarbonyl (C=S) groups is 1. The average molecular weight is 266 g/mol. The molecule has 1 atom stereocenters. The van der Waals surface area contributed by atoms with E-state index in [1.54, 1.807) is 30.3 Å². The molecule has 1 aliphatic heterocycles. The molecule has 0 spiro atoms. The van der Waals surface area contributed by atoms with Crippen LogP contribution >= 0.6 is 24.0 Å². The van der Waals surface area contributed by atoms with Crippen LogP contribution in [-0.2, 0) is 9.59 Å². The van der Waals surface area contributed by atoms with E-state index in [9.17, 15) is 14.7 Å². The molecule has 1 heterocycles. The first-order valence-electron chi connectivity index (χ1n) is 4.86. The second-order valence-electron chi connectivity index (χ2n) is 3.45. The van der Waals surface area contributed by atoms with Crippen LogP contribution < -0.4 is 5.11 Å². The zero-order valence-electron chi connectivity index (χ0n) is 8.66. The number of benzene rings is 1. The van der Waals surface area contributed by atoms with Crippen molar-refractivity contribution in [2.75, 3.05) is 5.75 Å². The van der Waals surface area contributed by atoms with Crippen LogP contribution in [0.25, 0.3) is 0 Å². The zero-order valence-corrected chi connectivity index (χ0v) is 10.3. The molecule has 1 aromatic carbocycles. The third-order valence-corrected chi connectivity index (χ3v) is 3.77. The smallest absolute Gasteiger partial charge is 0.239 e.